The van der Waals surface area contributed by atoms with E-state index in [0.717, 1.165) is 0 Å². The first-order chi connectivity index (χ1) is 8.37. The molecule has 0 aliphatic heterocycles. The summed E-state index contributed by atoms with van der Waals surface area (Å²) in [7, 11) is -3.08. The van der Waals surface area contributed by atoms with E-state index in [1.54, 1.807) is 13.0 Å². The Morgan fingerprint density at radius 1 is 1.39 bits per heavy atom. The lowest BCUT2D eigenvalue weighted by Gasteiger charge is -2.05. The highest BCUT2D eigenvalue weighted by Gasteiger charge is 2.16. The lowest BCUT2D eigenvalue weighted by molar-refractivity contribution is 0.0977. The van der Waals surface area contributed by atoms with Crippen LogP contribution in [0.1, 0.15) is 30.1 Å². The molecule has 1 aromatic carbocycles. The molecule has 0 unspecified atom stereocenters. The molecule has 1 rings (SSSR count). The van der Waals surface area contributed by atoms with Gasteiger partial charge in [-0.05, 0) is 34.5 Å². The van der Waals surface area contributed by atoms with Crippen molar-refractivity contribution in [2.24, 2.45) is 0 Å². The molecule has 100 valence electrons. The molecule has 0 saturated carbocycles. The van der Waals surface area contributed by atoms with E-state index in [4.69, 9.17) is 0 Å². The second-order valence-electron chi connectivity index (χ2n) is 3.86. The average Bonchev–Trinajstić information content (AvgIpc) is 2.28. The number of ketones is 1. The molecule has 0 aliphatic rings. The van der Waals surface area contributed by atoms with Crippen LogP contribution in [0.25, 0.3) is 0 Å². The molecule has 6 heteroatoms. The zero-order valence-electron chi connectivity index (χ0n) is 9.95. The molecule has 0 amide bonds. The van der Waals surface area contributed by atoms with E-state index < -0.39 is 15.7 Å². The van der Waals surface area contributed by atoms with Gasteiger partial charge in [0.1, 0.15) is 15.7 Å². The van der Waals surface area contributed by atoms with Gasteiger partial charge in [-0.1, -0.05) is 13.0 Å². The molecule has 1 aromatic rings. The van der Waals surface area contributed by atoms with Gasteiger partial charge in [0.25, 0.3) is 0 Å². The highest BCUT2D eigenvalue weighted by Crippen LogP contribution is 2.21. The molecule has 18 heavy (non-hydrogen) atoms. The predicted molar refractivity (Wildman–Crippen MR) is 72.0 cm³/mol. The number of rotatable bonds is 6. The van der Waals surface area contributed by atoms with Gasteiger partial charge in [-0.15, -0.1) is 0 Å². The summed E-state index contributed by atoms with van der Waals surface area (Å²) >= 11 is 3.11. The normalized spacial score (nSPS) is 11.5. The maximum absolute atomic E-state index is 13.5. The van der Waals surface area contributed by atoms with Crippen LogP contribution >= 0.6 is 15.9 Å². The van der Waals surface area contributed by atoms with Gasteiger partial charge in [0.05, 0.1) is 11.3 Å². The van der Waals surface area contributed by atoms with Crippen molar-refractivity contribution >= 4 is 31.6 Å². The number of hydrogen-bond acceptors (Lipinski definition) is 3. The van der Waals surface area contributed by atoms with E-state index in [1.807, 2.05) is 0 Å². The fraction of sp³-hybridized carbons (Fsp3) is 0.417. The Bertz CT molecular complexity index is 520. The summed E-state index contributed by atoms with van der Waals surface area (Å²) in [6, 6.07) is 4.29. The quantitative estimate of drug-likeness (QED) is 0.750. The van der Waals surface area contributed by atoms with Crippen LogP contribution in [0.4, 0.5) is 4.39 Å². The topological polar surface area (TPSA) is 51.2 Å². The van der Waals surface area contributed by atoms with Crippen molar-refractivity contribution in [2.75, 3.05) is 11.5 Å². The minimum Gasteiger partial charge on any atom is -0.294 e. The molecule has 0 radical (unpaired) electrons. The third kappa shape index (κ3) is 4.17. The van der Waals surface area contributed by atoms with Crippen LogP contribution < -0.4 is 0 Å². The fourth-order valence-corrected chi connectivity index (χ4v) is 2.92. The Morgan fingerprint density at radius 2 is 2.06 bits per heavy atom. The molecule has 3 nitrogen and oxygen atoms in total. The lowest BCUT2D eigenvalue weighted by Crippen LogP contribution is -2.11. The minimum absolute atomic E-state index is 0.00797. The van der Waals surface area contributed by atoms with Crippen molar-refractivity contribution in [3.8, 4) is 0 Å². The molecule has 0 saturated heterocycles. The molecule has 0 aliphatic carbocycles. The van der Waals surface area contributed by atoms with Crippen LogP contribution in [0.5, 0.6) is 0 Å². The van der Waals surface area contributed by atoms with Gasteiger partial charge < -0.3 is 0 Å². The zero-order valence-corrected chi connectivity index (χ0v) is 12.4. The van der Waals surface area contributed by atoms with E-state index in [1.165, 1.54) is 12.1 Å². The van der Waals surface area contributed by atoms with Crippen LogP contribution in [-0.2, 0) is 9.84 Å². The van der Waals surface area contributed by atoms with Crippen LogP contribution in [0.3, 0.4) is 0 Å². The first-order valence-electron chi connectivity index (χ1n) is 5.55. The van der Waals surface area contributed by atoms with E-state index in [-0.39, 0.29) is 35.7 Å². The Balaban J connectivity index is 2.67. The summed E-state index contributed by atoms with van der Waals surface area (Å²) in [5.41, 5.74) is -0.00797. The van der Waals surface area contributed by atoms with Crippen molar-refractivity contribution in [2.45, 2.75) is 19.8 Å². The van der Waals surface area contributed by atoms with Gasteiger partial charge in [0, 0.05) is 16.6 Å². The standard InChI is InChI=1S/C12H14BrFO3S/c1-2-18(16,17)8-4-7-11(15)12-9(13)5-3-6-10(12)14/h3,5-6H,2,4,7-8H2,1H3. The fourth-order valence-electron chi connectivity index (χ4n) is 1.49. The molecular formula is C12H14BrFO3S. The monoisotopic (exact) mass is 336 g/mol. The number of benzene rings is 1. The Morgan fingerprint density at radius 3 is 2.61 bits per heavy atom. The van der Waals surface area contributed by atoms with E-state index in [0.29, 0.717) is 4.47 Å². The predicted octanol–water partition coefficient (Wildman–Crippen LogP) is 2.99. The molecule has 0 heterocycles. The molecule has 0 spiro atoms. The zero-order chi connectivity index (χ0) is 13.8. The van der Waals surface area contributed by atoms with Gasteiger partial charge >= 0.3 is 0 Å². The number of hydrogen-bond donors (Lipinski definition) is 0. The van der Waals surface area contributed by atoms with Crippen molar-refractivity contribution < 1.29 is 17.6 Å². The number of Topliss-reactive ketones (excluding diaryl/α,β-unsaturated/α-hetero) is 1. The van der Waals surface area contributed by atoms with Crippen LogP contribution in [0, 0.1) is 5.82 Å². The highest BCUT2D eigenvalue weighted by atomic mass is 79.9. The van der Waals surface area contributed by atoms with Gasteiger partial charge in [-0.3, -0.25) is 4.79 Å². The third-order valence-electron chi connectivity index (χ3n) is 2.54. The SMILES string of the molecule is CCS(=O)(=O)CCCC(=O)c1c(F)cccc1Br. The largest absolute Gasteiger partial charge is 0.294 e. The number of carbonyl (C=O) groups excluding carboxylic acids is 1. The van der Waals surface area contributed by atoms with Crippen molar-refractivity contribution in [1.29, 1.82) is 0 Å². The molecular weight excluding hydrogens is 323 g/mol. The summed E-state index contributed by atoms with van der Waals surface area (Å²) in [5, 5.41) is 0. The Kier molecular flexibility index (Phi) is 5.47. The van der Waals surface area contributed by atoms with Gasteiger partial charge in [-0.2, -0.15) is 0 Å². The van der Waals surface area contributed by atoms with Crippen LogP contribution in [0.2, 0.25) is 0 Å². The van der Waals surface area contributed by atoms with Crippen molar-refractivity contribution in [1.82, 2.24) is 0 Å². The van der Waals surface area contributed by atoms with Crippen molar-refractivity contribution in [3.05, 3.63) is 34.1 Å². The number of carbonyl (C=O) groups is 1. The van der Waals surface area contributed by atoms with Gasteiger partial charge in [0.2, 0.25) is 0 Å². The average molecular weight is 337 g/mol. The molecule has 0 fully saturated rings. The Labute approximate surface area is 114 Å². The second-order valence-corrected chi connectivity index (χ2v) is 7.19. The van der Waals surface area contributed by atoms with Crippen LogP contribution in [0.15, 0.2) is 22.7 Å². The highest BCUT2D eigenvalue weighted by molar-refractivity contribution is 9.10. The smallest absolute Gasteiger partial charge is 0.166 e. The molecule has 0 N–H and O–H groups in total. The first-order valence-corrected chi connectivity index (χ1v) is 8.16. The van der Waals surface area contributed by atoms with E-state index >= 15 is 0 Å². The number of halogens is 2. The second kappa shape index (κ2) is 6.43. The third-order valence-corrected chi connectivity index (χ3v) is 4.99. The Hall–Kier alpha value is -0.750. The maximum Gasteiger partial charge on any atom is 0.166 e. The summed E-state index contributed by atoms with van der Waals surface area (Å²) in [5.74, 6) is -0.953. The lowest BCUT2D eigenvalue weighted by atomic mass is 10.1. The van der Waals surface area contributed by atoms with Gasteiger partial charge in [0.15, 0.2) is 5.78 Å². The summed E-state index contributed by atoms with van der Waals surface area (Å²) in [4.78, 5) is 11.8. The molecule has 0 bridgehead atoms. The first kappa shape index (κ1) is 15.3. The van der Waals surface area contributed by atoms with Gasteiger partial charge in [-0.25, -0.2) is 12.8 Å². The summed E-state index contributed by atoms with van der Waals surface area (Å²) in [6.07, 6.45) is 0.245. The minimum atomic E-state index is -3.08. The molecule has 0 aromatic heterocycles. The van der Waals surface area contributed by atoms with Crippen LogP contribution in [-0.4, -0.2) is 25.7 Å². The summed E-state index contributed by atoms with van der Waals surface area (Å²) < 4.78 is 36.4. The van der Waals surface area contributed by atoms with E-state index in [2.05, 4.69) is 15.9 Å². The van der Waals surface area contributed by atoms with E-state index in [9.17, 15) is 17.6 Å². The molecule has 0 atom stereocenters. The van der Waals surface area contributed by atoms with Crippen molar-refractivity contribution in [3.63, 3.8) is 0 Å². The maximum atomic E-state index is 13.5. The number of sulfone groups is 1. The summed E-state index contributed by atoms with van der Waals surface area (Å²) in [6.45, 7) is 1.56.